The van der Waals surface area contributed by atoms with Crippen LogP contribution in [-0.2, 0) is 9.36 Å². The van der Waals surface area contributed by atoms with Crippen LogP contribution in [0.4, 0.5) is 0 Å². The van der Waals surface area contributed by atoms with Crippen molar-refractivity contribution >= 4 is 13.3 Å². The minimum absolute atomic E-state index is 0.0441. The Kier molecular flexibility index (Phi) is 3.94. The summed E-state index contributed by atoms with van der Waals surface area (Å²) >= 11 is 0. The van der Waals surface area contributed by atoms with Crippen LogP contribution in [0.5, 0.6) is 0 Å². The van der Waals surface area contributed by atoms with Gasteiger partial charge in [0, 0.05) is 6.16 Å². The van der Waals surface area contributed by atoms with Gasteiger partial charge in [-0.1, -0.05) is 13.8 Å². The number of hydrogen-bond donors (Lipinski definition) is 2. The summed E-state index contributed by atoms with van der Waals surface area (Å²) in [5.41, 5.74) is -1.15. The highest BCUT2D eigenvalue weighted by molar-refractivity contribution is 7.59. The smallest absolute Gasteiger partial charge is 0.316 e. The Hall–Kier alpha value is -0.340. The Labute approximate surface area is 72.1 Å². The molecule has 5 heteroatoms. The SMILES string of the molecule is CC(C)CP(=O)(O)C(C)C(=O)O. The molecule has 0 aromatic heterocycles. The maximum atomic E-state index is 11.3. The van der Waals surface area contributed by atoms with Gasteiger partial charge in [-0.05, 0) is 12.8 Å². The van der Waals surface area contributed by atoms with Crippen LogP contribution in [0.15, 0.2) is 0 Å². The van der Waals surface area contributed by atoms with E-state index in [1.54, 1.807) is 13.8 Å². The molecule has 0 aromatic rings. The zero-order chi connectivity index (χ0) is 9.94. The summed E-state index contributed by atoms with van der Waals surface area (Å²) in [4.78, 5) is 19.7. The van der Waals surface area contributed by atoms with E-state index in [0.717, 1.165) is 0 Å². The van der Waals surface area contributed by atoms with Crippen LogP contribution in [0, 0.1) is 5.92 Å². The summed E-state index contributed by atoms with van der Waals surface area (Å²) in [7, 11) is -3.50. The Bertz CT molecular complexity index is 211. The van der Waals surface area contributed by atoms with Crippen molar-refractivity contribution in [2.45, 2.75) is 26.4 Å². The second kappa shape index (κ2) is 4.06. The number of aliphatic carboxylic acids is 1. The van der Waals surface area contributed by atoms with Crippen LogP contribution in [0.25, 0.3) is 0 Å². The predicted molar refractivity (Wildman–Crippen MR) is 46.6 cm³/mol. The van der Waals surface area contributed by atoms with Gasteiger partial charge in [0.25, 0.3) is 0 Å². The van der Waals surface area contributed by atoms with E-state index in [0.29, 0.717) is 0 Å². The number of carboxylic acids is 1. The average Bonchev–Trinajstić information content (AvgIpc) is 1.82. The monoisotopic (exact) mass is 194 g/mol. The minimum atomic E-state index is -3.50. The lowest BCUT2D eigenvalue weighted by molar-refractivity contribution is -0.136. The summed E-state index contributed by atoms with van der Waals surface area (Å²) in [5, 5.41) is 8.50. The minimum Gasteiger partial charge on any atom is -0.481 e. The molecule has 0 aliphatic rings. The second-order valence-corrected chi connectivity index (χ2v) is 6.00. The van der Waals surface area contributed by atoms with Crippen LogP contribution >= 0.6 is 7.37 Å². The lowest BCUT2D eigenvalue weighted by Gasteiger charge is -2.17. The molecule has 0 aliphatic carbocycles. The first kappa shape index (κ1) is 11.7. The first-order valence-corrected chi connectivity index (χ1v) is 5.73. The largest absolute Gasteiger partial charge is 0.481 e. The van der Waals surface area contributed by atoms with Crippen molar-refractivity contribution in [1.29, 1.82) is 0 Å². The van der Waals surface area contributed by atoms with Crippen LogP contribution < -0.4 is 0 Å². The number of hydrogen-bond acceptors (Lipinski definition) is 2. The molecule has 2 N–H and O–H groups in total. The molecule has 2 atom stereocenters. The van der Waals surface area contributed by atoms with E-state index in [2.05, 4.69) is 0 Å². The molecule has 0 fully saturated rings. The third kappa shape index (κ3) is 3.37. The van der Waals surface area contributed by atoms with Gasteiger partial charge in [0.2, 0.25) is 7.37 Å². The van der Waals surface area contributed by atoms with Crippen LogP contribution in [0.2, 0.25) is 0 Å². The molecular weight excluding hydrogens is 179 g/mol. The van der Waals surface area contributed by atoms with Gasteiger partial charge in [-0.2, -0.15) is 0 Å². The highest BCUT2D eigenvalue weighted by Gasteiger charge is 2.33. The fourth-order valence-corrected chi connectivity index (χ4v) is 2.56. The fraction of sp³-hybridized carbons (Fsp3) is 0.857. The Balaban J connectivity index is 4.40. The summed E-state index contributed by atoms with van der Waals surface area (Å²) in [6.45, 7) is 4.85. The zero-order valence-electron chi connectivity index (χ0n) is 7.52. The van der Waals surface area contributed by atoms with Crippen LogP contribution in [0.1, 0.15) is 20.8 Å². The van der Waals surface area contributed by atoms with Crippen molar-refractivity contribution in [2.75, 3.05) is 6.16 Å². The van der Waals surface area contributed by atoms with Crippen molar-refractivity contribution in [3.63, 3.8) is 0 Å². The first-order chi connectivity index (χ1) is 5.27. The highest BCUT2D eigenvalue weighted by Crippen LogP contribution is 2.47. The van der Waals surface area contributed by atoms with Gasteiger partial charge in [0.15, 0.2) is 0 Å². The van der Waals surface area contributed by atoms with Crippen molar-refractivity contribution in [3.8, 4) is 0 Å². The maximum Gasteiger partial charge on any atom is 0.316 e. The van der Waals surface area contributed by atoms with Crippen molar-refractivity contribution < 1.29 is 19.4 Å². The molecule has 2 unspecified atom stereocenters. The second-order valence-electron chi connectivity index (χ2n) is 3.35. The van der Waals surface area contributed by atoms with Gasteiger partial charge in [-0.15, -0.1) is 0 Å². The molecule has 0 radical (unpaired) electrons. The van der Waals surface area contributed by atoms with E-state index in [1.807, 2.05) is 0 Å². The lowest BCUT2D eigenvalue weighted by atomic mass is 10.3. The molecule has 0 saturated carbocycles. The van der Waals surface area contributed by atoms with Crippen molar-refractivity contribution in [3.05, 3.63) is 0 Å². The van der Waals surface area contributed by atoms with E-state index in [9.17, 15) is 14.3 Å². The van der Waals surface area contributed by atoms with Gasteiger partial charge in [0.1, 0.15) is 5.66 Å². The third-order valence-corrected chi connectivity index (χ3v) is 4.27. The molecule has 0 amide bonds. The van der Waals surface area contributed by atoms with Crippen molar-refractivity contribution in [2.24, 2.45) is 5.92 Å². The number of rotatable bonds is 4. The first-order valence-electron chi connectivity index (χ1n) is 3.81. The normalized spacial score (nSPS) is 18.8. The molecule has 0 heterocycles. The highest BCUT2D eigenvalue weighted by atomic mass is 31.2. The van der Waals surface area contributed by atoms with E-state index >= 15 is 0 Å². The van der Waals surface area contributed by atoms with E-state index in [1.165, 1.54) is 6.92 Å². The molecule has 0 spiro atoms. The van der Waals surface area contributed by atoms with Gasteiger partial charge in [-0.25, -0.2) is 0 Å². The van der Waals surface area contributed by atoms with E-state index in [4.69, 9.17) is 5.11 Å². The molecular formula is C7H15O4P. The molecule has 72 valence electrons. The maximum absolute atomic E-state index is 11.3. The molecule has 0 aliphatic heterocycles. The quantitative estimate of drug-likeness (QED) is 0.663. The number of carboxylic acid groups (broad SMARTS) is 1. The van der Waals surface area contributed by atoms with E-state index in [-0.39, 0.29) is 12.1 Å². The van der Waals surface area contributed by atoms with Gasteiger partial charge in [-0.3, -0.25) is 9.36 Å². The molecule has 0 aromatic carbocycles. The van der Waals surface area contributed by atoms with Crippen LogP contribution in [0.3, 0.4) is 0 Å². The van der Waals surface area contributed by atoms with E-state index < -0.39 is 19.0 Å². The molecule has 0 saturated heterocycles. The molecule has 4 nitrogen and oxygen atoms in total. The summed E-state index contributed by atoms with van der Waals surface area (Å²) < 4.78 is 11.3. The zero-order valence-corrected chi connectivity index (χ0v) is 8.41. The summed E-state index contributed by atoms with van der Waals surface area (Å²) in [5.74, 6) is -1.16. The molecule has 12 heavy (non-hydrogen) atoms. The summed E-state index contributed by atoms with van der Waals surface area (Å²) in [6.07, 6.45) is 0.0699. The standard InChI is InChI=1S/C7H15O4P/c1-5(2)4-12(10,11)6(3)7(8)9/h5-6H,4H2,1-3H3,(H,8,9)(H,10,11). The van der Waals surface area contributed by atoms with Gasteiger partial charge in [0.05, 0.1) is 0 Å². The molecule has 0 rings (SSSR count). The Morgan fingerprint density at radius 3 is 2.08 bits per heavy atom. The third-order valence-electron chi connectivity index (χ3n) is 1.59. The number of carbonyl (C=O) groups is 1. The molecule has 0 bridgehead atoms. The topological polar surface area (TPSA) is 74.6 Å². The van der Waals surface area contributed by atoms with Gasteiger partial charge >= 0.3 is 5.97 Å². The summed E-state index contributed by atoms with van der Waals surface area (Å²) in [6, 6.07) is 0. The lowest BCUT2D eigenvalue weighted by Crippen LogP contribution is -2.19. The van der Waals surface area contributed by atoms with Crippen molar-refractivity contribution in [1.82, 2.24) is 0 Å². The Morgan fingerprint density at radius 1 is 1.42 bits per heavy atom. The fourth-order valence-electron chi connectivity index (χ4n) is 0.854. The average molecular weight is 194 g/mol. The predicted octanol–water partition coefficient (Wildman–Crippen LogP) is 1.39. The van der Waals surface area contributed by atoms with Crippen LogP contribution in [-0.4, -0.2) is 27.8 Å². The Morgan fingerprint density at radius 2 is 1.83 bits per heavy atom. The van der Waals surface area contributed by atoms with Gasteiger partial charge < -0.3 is 10.00 Å².